The van der Waals surface area contributed by atoms with Gasteiger partial charge < -0.3 is 5.11 Å². The van der Waals surface area contributed by atoms with E-state index in [0.717, 1.165) is 0 Å². The van der Waals surface area contributed by atoms with Crippen molar-refractivity contribution in [1.82, 2.24) is 0 Å². The van der Waals surface area contributed by atoms with Crippen LogP contribution in [0.3, 0.4) is 0 Å². The Morgan fingerprint density at radius 3 is 2.42 bits per heavy atom. The average Bonchev–Trinajstić information content (AvgIpc) is 2.32. The molecule has 0 saturated heterocycles. The van der Waals surface area contributed by atoms with Gasteiger partial charge in [0, 0.05) is 10.6 Å². The topological polar surface area (TPSA) is 37.3 Å². The summed E-state index contributed by atoms with van der Waals surface area (Å²) < 4.78 is 13.4. The second-order valence-electron chi connectivity index (χ2n) is 4.01. The van der Waals surface area contributed by atoms with Crippen LogP contribution in [0.5, 0.6) is 0 Å². The molecule has 1 N–H and O–H groups in total. The van der Waals surface area contributed by atoms with E-state index in [1.165, 1.54) is 12.1 Å². The highest BCUT2D eigenvalue weighted by Crippen LogP contribution is 2.31. The van der Waals surface area contributed by atoms with E-state index in [1.807, 2.05) is 0 Å². The van der Waals surface area contributed by atoms with Crippen molar-refractivity contribution in [3.63, 3.8) is 0 Å². The van der Waals surface area contributed by atoms with Gasteiger partial charge in [-0.05, 0) is 29.3 Å². The van der Waals surface area contributed by atoms with Crippen molar-refractivity contribution >= 4 is 29.2 Å². The third kappa shape index (κ3) is 3.25. The number of hydrogen-bond acceptors (Lipinski definition) is 1. The number of halogens is 3. The minimum atomic E-state index is -0.929. The molecule has 0 aromatic heterocycles. The van der Waals surface area contributed by atoms with Crippen LogP contribution in [0.25, 0.3) is 11.1 Å². The maximum absolute atomic E-state index is 13.4. The Morgan fingerprint density at radius 1 is 1.11 bits per heavy atom. The summed E-state index contributed by atoms with van der Waals surface area (Å²) in [4.78, 5) is 10.6. The van der Waals surface area contributed by atoms with Gasteiger partial charge >= 0.3 is 5.97 Å². The number of carboxylic acid groups (broad SMARTS) is 1. The number of benzene rings is 2. The van der Waals surface area contributed by atoms with Gasteiger partial charge in [0.15, 0.2) is 0 Å². The second kappa shape index (κ2) is 5.59. The van der Waals surface area contributed by atoms with Gasteiger partial charge in [-0.25, -0.2) is 4.39 Å². The molecule has 0 heterocycles. The first-order chi connectivity index (χ1) is 8.97. The summed E-state index contributed by atoms with van der Waals surface area (Å²) in [5, 5.41) is 9.12. The summed E-state index contributed by atoms with van der Waals surface area (Å²) in [6, 6.07) is 9.29. The van der Waals surface area contributed by atoms with Crippen LogP contribution in [0.1, 0.15) is 5.56 Å². The summed E-state index contributed by atoms with van der Waals surface area (Å²) in [5.74, 6) is -1.45. The monoisotopic (exact) mass is 298 g/mol. The molecule has 0 aliphatic rings. The lowest BCUT2D eigenvalue weighted by atomic mass is 10.0. The molecule has 19 heavy (non-hydrogen) atoms. The maximum atomic E-state index is 13.4. The zero-order valence-corrected chi connectivity index (χ0v) is 11.2. The Labute approximate surface area is 119 Å². The van der Waals surface area contributed by atoms with Gasteiger partial charge in [0.25, 0.3) is 0 Å². The Hall–Kier alpha value is -1.58. The van der Waals surface area contributed by atoms with Crippen molar-refractivity contribution in [2.24, 2.45) is 0 Å². The van der Waals surface area contributed by atoms with E-state index >= 15 is 0 Å². The van der Waals surface area contributed by atoms with Gasteiger partial charge in [0.05, 0.1) is 11.4 Å². The first-order valence-corrected chi connectivity index (χ1v) is 6.18. The summed E-state index contributed by atoms with van der Waals surface area (Å²) in [6.07, 6.45) is -0.102. The lowest BCUT2D eigenvalue weighted by Gasteiger charge is -2.07. The van der Waals surface area contributed by atoms with Crippen LogP contribution < -0.4 is 0 Å². The van der Waals surface area contributed by atoms with Crippen LogP contribution in [0.2, 0.25) is 10.0 Å². The Morgan fingerprint density at radius 2 is 1.84 bits per heavy atom. The Balaban J connectivity index is 2.40. The van der Waals surface area contributed by atoms with E-state index in [0.29, 0.717) is 21.7 Å². The molecule has 0 atom stereocenters. The molecule has 98 valence electrons. The fourth-order valence-electron chi connectivity index (χ4n) is 1.74. The standard InChI is InChI=1S/C14H9Cl2FO2/c15-11-4-2-9(7-13(11)17)10-3-1-8(5-12(10)16)6-14(18)19/h1-5,7H,6H2,(H,18,19). The van der Waals surface area contributed by atoms with E-state index in [4.69, 9.17) is 28.3 Å². The number of aliphatic carboxylic acids is 1. The predicted molar refractivity (Wildman–Crippen MR) is 73.2 cm³/mol. The second-order valence-corrected chi connectivity index (χ2v) is 4.83. The summed E-state index contributed by atoms with van der Waals surface area (Å²) in [6.45, 7) is 0. The Bertz CT molecular complexity index is 641. The number of carbonyl (C=O) groups is 1. The normalized spacial score (nSPS) is 10.5. The molecule has 5 heteroatoms. The van der Waals surface area contributed by atoms with Crippen molar-refractivity contribution in [3.8, 4) is 11.1 Å². The molecular formula is C14H9Cl2FO2. The summed E-state index contributed by atoms with van der Waals surface area (Å²) in [5.41, 5.74) is 1.82. The molecule has 0 aliphatic carbocycles. The van der Waals surface area contributed by atoms with Crippen LogP contribution in [-0.2, 0) is 11.2 Å². The van der Waals surface area contributed by atoms with Crippen molar-refractivity contribution in [2.45, 2.75) is 6.42 Å². The molecule has 2 aromatic rings. The molecule has 0 saturated carbocycles. The molecule has 2 aromatic carbocycles. The van der Waals surface area contributed by atoms with Gasteiger partial charge in [0.1, 0.15) is 5.82 Å². The average molecular weight is 299 g/mol. The Kier molecular flexibility index (Phi) is 4.08. The van der Waals surface area contributed by atoms with Crippen molar-refractivity contribution in [2.75, 3.05) is 0 Å². The predicted octanol–water partition coefficient (Wildman–Crippen LogP) is 4.43. The van der Waals surface area contributed by atoms with Gasteiger partial charge in [-0.3, -0.25) is 4.79 Å². The molecule has 2 nitrogen and oxygen atoms in total. The van der Waals surface area contributed by atoms with E-state index in [2.05, 4.69) is 0 Å². The van der Waals surface area contributed by atoms with Crippen molar-refractivity contribution in [1.29, 1.82) is 0 Å². The highest BCUT2D eigenvalue weighted by Gasteiger charge is 2.09. The van der Waals surface area contributed by atoms with Gasteiger partial charge in [-0.2, -0.15) is 0 Å². The third-order valence-corrected chi connectivity index (χ3v) is 3.24. The fraction of sp³-hybridized carbons (Fsp3) is 0.0714. The van der Waals surface area contributed by atoms with Crippen molar-refractivity contribution < 1.29 is 14.3 Å². The van der Waals surface area contributed by atoms with Crippen LogP contribution in [-0.4, -0.2) is 11.1 Å². The smallest absolute Gasteiger partial charge is 0.307 e. The van der Waals surface area contributed by atoms with Gasteiger partial charge in [-0.1, -0.05) is 41.4 Å². The zero-order chi connectivity index (χ0) is 14.0. The van der Waals surface area contributed by atoms with E-state index in [1.54, 1.807) is 24.3 Å². The first kappa shape index (κ1) is 13.8. The van der Waals surface area contributed by atoms with Crippen LogP contribution >= 0.6 is 23.2 Å². The molecule has 0 aliphatic heterocycles. The van der Waals surface area contributed by atoms with Crippen LogP contribution in [0.4, 0.5) is 4.39 Å². The molecule has 0 radical (unpaired) electrons. The number of carboxylic acids is 1. The van der Waals surface area contributed by atoms with Crippen molar-refractivity contribution in [3.05, 3.63) is 57.8 Å². The van der Waals surface area contributed by atoms with Crippen LogP contribution in [0.15, 0.2) is 36.4 Å². The maximum Gasteiger partial charge on any atom is 0.307 e. The minimum Gasteiger partial charge on any atom is -0.481 e. The molecule has 0 spiro atoms. The highest BCUT2D eigenvalue weighted by atomic mass is 35.5. The zero-order valence-electron chi connectivity index (χ0n) is 9.66. The van der Waals surface area contributed by atoms with E-state index in [-0.39, 0.29) is 11.4 Å². The number of hydrogen-bond donors (Lipinski definition) is 1. The molecule has 0 amide bonds. The largest absolute Gasteiger partial charge is 0.481 e. The number of rotatable bonds is 3. The SMILES string of the molecule is O=C(O)Cc1ccc(-c2ccc(Cl)c(F)c2)c(Cl)c1. The minimum absolute atomic E-state index is 0.0439. The van der Waals surface area contributed by atoms with Gasteiger partial charge in [-0.15, -0.1) is 0 Å². The molecular weight excluding hydrogens is 290 g/mol. The summed E-state index contributed by atoms with van der Waals surface area (Å²) in [7, 11) is 0. The third-order valence-electron chi connectivity index (χ3n) is 2.62. The molecule has 2 rings (SSSR count). The molecule has 0 fully saturated rings. The quantitative estimate of drug-likeness (QED) is 0.910. The fourth-order valence-corrected chi connectivity index (χ4v) is 2.17. The molecule has 0 bridgehead atoms. The van der Waals surface area contributed by atoms with Crippen LogP contribution in [0, 0.1) is 5.82 Å². The van der Waals surface area contributed by atoms with E-state index < -0.39 is 11.8 Å². The molecule has 0 unspecified atom stereocenters. The van der Waals surface area contributed by atoms with E-state index in [9.17, 15) is 9.18 Å². The van der Waals surface area contributed by atoms with Gasteiger partial charge in [0.2, 0.25) is 0 Å². The lowest BCUT2D eigenvalue weighted by molar-refractivity contribution is -0.136. The highest BCUT2D eigenvalue weighted by molar-refractivity contribution is 6.33. The first-order valence-electron chi connectivity index (χ1n) is 5.43. The lowest BCUT2D eigenvalue weighted by Crippen LogP contribution is -1.99. The summed E-state index contributed by atoms with van der Waals surface area (Å²) >= 11 is 11.7.